The van der Waals surface area contributed by atoms with Crippen LogP contribution in [0.25, 0.3) is 11.1 Å². The lowest BCUT2D eigenvalue weighted by atomic mass is 9.91. The minimum atomic E-state index is -0.706. The van der Waals surface area contributed by atoms with Crippen LogP contribution in [0.1, 0.15) is 129 Å². The number of nitrogens with one attached hydrogen (secondary N) is 2. The van der Waals surface area contributed by atoms with Crippen LogP contribution < -0.4 is 10.6 Å². The molecule has 3 N–H and O–H groups in total. The number of carbonyl (C=O) groups excluding carboxylic acids is 4. The molecule has 292 valence electrons. The van der Waals surface area contributed by atoms with Crippen molar-refractivity contribution < 1.29 is 29.0 Å². The lowest BCUT2D eigenvalue weighted by Gasteiger charge is -2.28. The van der Waals surface area contributed by atoms with Crippen LogP contribution in [0.15, 0.2) is 44.7 Å². The molecule has 2 amide bonds. The van der Waals surface area contributed by atoms with Crippen molar-refractivity contribution in [1.29, 1.82) is 0 Å². The molecule has 0 aliphatic carbocycles. The minimum Gasteiger partial charge on any atom is -0.509 e. The van der Waals surface area contributed by atoms with Gasteiger partial charge in [-0.05, 0) is 120 Å². The van der Waals surface area contributed by atoms with Crippen LogP contribution in [0.4, 0.5) is 0 Å². The molecule has 2 heterocycles. The summed E-state index contributed by atoms with van der Waals surface area (Å²) in [5, 5.41) is 16.1. The summed E-state index contributed by atoms with van der Waals surface area (Å²) in [6.45, 7) is 26.6. The van der Waals surface area contributed by atoms with Gasteiger partial charge in [-0.3, -0.25) is 19.2 Å². The Kier molecular flexibility index (Phi) is 15.4. The smallest absolute Gasteiger partial charge is 0.316 e. The van der Waals surface area contributed by atoms with Crippen LogP contribution in [-0.2, 0) is 36.8 Å². The van der Waals surface area contributed by atoms with Crippen LogP contribution in [-0.4, -0.2) is 39.2 Å². The fraction of sp³-hybridized carbons (Fsp3) is 0.524. The van der Waals surface area contributed by atoms with Gasteiger partial charge in [-0.1, -0.05) is 92.5 Å². The number of aliphatic hydroxyl groups excluding tert-OH is 1. The predicted molar refractivity (Wildman–Crippen MR) is 223 cm³/mol. The molecular weight excluding hydrogens is 824 g/mol. The van der Waals surface area contributed by atoms with Crippen molar-refractivity contribution in [3.05, 3.63) is 78.1 Å². The Morgan fingerprint density at radius 3 is 1.45 bits per heavy atom. The van der Waals surface area contributed by atoms with E-state index >= 15 is 0 Å². The first-order valence-corrected chi connectivity index (χ1v) is 20.0. The molecule has 0 bridgehead atoms. The molecule has 0 saturated carbocycles. The average molecular weight is 881 g/mol. The van der Waals surface area contributed by atoms with Crippen LogP contribution in [0.3, 0.4) is 0 Å². The molecule has 2 aromatic carbocycles. The highest BCUT2D eigenvalue weighted by Gasteiger charge is 2.46. The molecule has 11 heteroatoms. The minimum absolute atomic E-state index is 0.143. The summed E-state index contributed by atoms with van der Waals surface area (Å²) in [6, 6.07) is 8.10. The number of aryl methyl sites for hydroxylation is 4. The first-order chi connectivity index (χ1) is 24.2. The second-order valence-corrected chi connectivity index (χ2v) is 18.2. The van der Waals surface area contributed by atoms with Gasteiger partial charge < -0.3 is 20.5 Å². The van der Waals surface area contributed by atoms with Crippen molar-refractivity contribution in [2.45, 2.75) is 134 Å². The largest absolute Gasteiger partial charge is 0.509 e. The molecule has 0 aromatic heterocycles. The van der Waals surface area contributed by atoms with E-state index in [-0.39, 0.29) is 34.2 Å². The molecule has 2 atom stereocenters. The summed E-state index contributed by atoms with van der Waals surface area (Å²) >= 11 is 12.3. The highest BCUT2D eigenvalue weighted by Crippen LogP contribution is 2.42. The Labute approximate surface area is 338 Å². The summed E-state index contributed by atoms with van der Waals surface area (Å²) < 4.78 is 7.53. The maximum atomic E-state index is 12.9. The van der Waals surface area contributed by atoms with Gasteiger partial charge in [-0.2, -0.15) is 0 Å². The van der Waals surface area contributed by atoms with E-state index in [0.717, 1.165) is 55.2 Å². The first-order valence-electron chi connectivity index (χ1n) is 18.1. The number of hydrogen-bond acceptors (Lipinski definition) is 6. The van der Waals surface area contributed by atoms with Gasteiger partial charge >= 0.3 is 5.97 Å². The molecule has 2 aliphatic heterocycles. The van der Waals surface area contributed by atoms with Crippen molar-refractivity contribution in [3.63, 3.8) is 0 Å². The zero-order valence-corrected chi connectivity index (χ0v) is 37.7. The van der Waals surface area contributed by atoms with Gasteiger partial charge in [0.1, 0.15) is 11.5 Å². The van der Waals surface area contributed by atoms with Crippen molar-refractivity contribution >= 4 is 77.6 Å². The second kappa shape index (κ2) is 17.7. The van der Waals surface area contributed by atoms with Gasteiger partial charge in [-0.15, -0.1) is 0 Å². The maximum absolute atomic E-state index is 12.9. The molecular formula is C42H57Br2ClN2O6. The van der Waals surface area contributed by atoms with Gasteiger partial charge in [-0.25, -0.2) is 0 Å². The fourth-order valence-electron chi connectivity index (χ4n) is 5.62. The number of benzene rings is 2. The average Bonchev–Trinajstić information content (AvgIpc) is 3.42. The predicted octanol–water partition coefficient (Wildman–Crippen LogP) is 10.6. The SMILES string of the molecule is CC(C)(C)C(=O)Cl.CCc1cc(C)cc(Br)c1C1=C(O)C(C)(CC)NC1=O.CCc1cc(C)cc(Br)c1C1=C(OC(=O)C(C)(C)C)C(C)(CC)NC1=O. The monoisotopic (exact) mass is 878 g/mol. The Hall–Kier alpha value is -2.95. The summed E-state index contributed by atoms with van der Waals surface area (Å²) in [4.78, 5) is 48.1. The van der Waals surface area contributed by atoms with Gasteiger partial charge in [0.25, 0.3) is 11.8 Å². The summed E-state index contributed by atoms with van der Waals surface area (Å²) in [5.41, 5.74) is 4.43. The van der Waals surface area contributed by atoms with E-state index in [1.54, 1.807) is 20.8 Å². The van der Waals surface area contributed by atoms with Gasteiger partial charge in [0.05, 0.1) is 27.6 Å². The summed E-state index contributed by atoms with van der Waals surface area (Å²) in [5.74, 6) is -0.188. The third-order valence-corrected chi connectivity index (χ3v) is 11.2. The number of esters is 1. The zero-order chi connectivity index (χ0) is 41.0. The molecule has 0 saturated heterocycles. The lowest BCUT2D eigenvalue weighted by molar-refractivity contribution is -0.149. The molecule has 2 unspecified atom stereocenters. The molecule has 4 rings (SSSR count). The van der Waals surface area contributed by atoms with E-state index in [4.69, 9.17) is 16.3 Å². The Morgan fingerprint density at radius 1 is 0.736 bits per heavy atom. The van der Waals surface area contributed by atoms with Gasteiger partial charge in [0.15, 0.2) is 0 Å². The van der Waals surface area contributed by atoms with Crippen LogP contribution in [0, 0.1) is 24.7 Å². The Bertz CT molecular complexity index is 1840. The van der Waals surface area contributed by atoms with Gasteiger partial charge in [0.2, 0.25) is 5.24 Å². The van der Waals surface area contributed by atoms with E-state index < -0.39 is 16.5 Å². The highest BCUT2D eigenvalue weighted by atomic mass is 79.9. The van der Waals surface area contributed by atoms with E-state index in [9.17, 15) is 24.3 Å². The number of hydrogen-bond donors (Lipinski definition) is 3. The number of rotatable bonds is 7. The molecule has 8 nitrogen and oxygen atoms in total. The topological polar surface area (TPSA) is 122 Å². The molecule has 0 fully saturated rings. The van der Waals surface area contributed by atoms with E-state index in [1.165, 1.54) is 0 Å². The highest BCUT2D eigenvalue weighted by molar-refractivity contribution is 9.10. The maximum Gasteiger partial charge on any atom is 0.316 e. The van der Waals surface area contributed by atoms with E-state index in [1.807, 2.05) is 81.4 Å². The van der Waals surface area contributed by atoms with E-state index in [0.29, 0.717) is 29.7 Å². The molecule has 2 aromatic rings. The van der Waals surface area contributed by atoms with Crippen molar-refractivity contribution in [3.8, 4) is 0 Å². The van der Waals surface area contributed by atoms with Crippen LogP contribution >= 0.6 is 43.5 Å². The van der Waals surface area contributed by atoms with Crippen molar-refractivity contribution in [2.75, 3.05) is 0 Å². The molecule has 0 radical (unpaired) electrons. The third kappa shape index (κ3) is 10.6. The number of ether oxygens (including phenoxy) is 1. The quantitative estimate of drug-likeness (QED) is 0.188. The summed E-state index contributed by atoms with van der Waals surface area (Å²) in [6.07, 6.45) is 2.86. The number of halogens is 3. The Balaban J connectivity index is 0.000000318. The standard InChI is InChI=1S/C21H28BrNO3.C16H20BrNO2.C5H9ClO/c1-8-13-10-12(3)11-14(22)15(13)16-17(26-19(25)20(4,5)6)21(7,9-2)23-18(16)24;1-5-10-7-9(3)8-11(17)12(10)13-14(19)16(4,6-2)18-15(13)20;1-5(2,3)4(6)7/h10-11H,8-9H2,1-7H3,(H,23,24);7-8,19H,5-6H2,1-4H3,(H,18,20);1-3H3. The normalized spacial score (nSPS) is 19.9. The third-order valence-electron chi connectivity index (χ3n) is 9.43. The number of amides is 2. The van der Waals surface area contributed by atoms with Crippen molar-refractivity contribution in [2.24, 2.45) is 10.8 Å². The van der Waals surface area contributed by atoms with Crippen LogP contribution in [0.5, 0.6) is 0 Å². The first kappa shape index (κ1) is 46.2. The number of carbonyl (C=O) groups is 4. The molecule has 2 aliphatic rings. The lowest BCUT2D eigenvalue weighted by Crippen LogP contribution is -2.42. The summed E-state index contributed by atoms with van der Waals surface area (Å²) in [7, 11) is 0. The molecule has 53 heavy (non-hydrogen) atoms. The van der Waals surface area contributed by atoms with Crippen molar-refractivity contribution in [1.82, 2.24) is 10.6 Å². The Morgan fingerprint density at radius 2 is 1.11 bits per heavy atom. The van der Waals surface area contributed by atoms with Gasteiger partial charge in [0, 0.05) is 25.5 Å². The fourth-order valence-corrected chi connectivity index (χ4v) is 7.25. The zero-order valence-electron chi connectivity index (χ0n) is 33.8. The second-order valence-electron chi connectivity index (χ2n) is 16.1. The van der Waals surface area contributed by atoms with E-state index in [2.05, 4.69) is 61.5 Å². The number of aliphatic hydroxyl groups is 1. The molecule has 0 spiro atoms. The van der Waals surface area contributed by atoms with Crippen LogP contribution in [0.2, 0.25) is 0 Å².